The third kappa shape index (κ3) is 27.5. The summed E-state index contributed by atoms with van der Waals surface area (Å²) in [5, 5.41) is 7.89. The largest absolute Gasteiger partial charge is 1.00 e. The minimum atomic E-state index is -1.46. The Kier molecular flexibility index (Phi) is 33.3. The molecule has 15 heteroatoms. The molecule has 0 aliphatic carbocycles. The summed E-state index contributed by atoms with van der Waals surface area (Å²) < 4.78 is 83.9. The maximum Gasteiger partial charge on any atom is 1.00 e. The fraction of sp³-hybridized carbons (Fsp3) is 0.302. The molecule has 402 valence electrons. The van der Waals surface area contributed by atoms with Gasteiger partial charge in [0.1, 0.15) is 0 Å². The average molecular weight is 1150 g/mol. The molecule has 0 unspecified atom stereocenters. The number of nitrogens with two attached hydrogens (primary N) is 1. The molecule has 78 heavy (non-hydrogen) atoms. The molecule has 0 fully saturated rings. The van der Waals surface area contributed by atoms with Crippen molar-refractivity contribution in [1.29, 1.82) is 0 Å². The van der Waals surface area contributed by atoms with Crippen LogP contribution in [0.2, 0.25) is 39.3 Å². The number of hydrogen-bond donors (Lipinski definition) is 2. The number of terminal acetylenes is 1. The molecular weight excluding hydrogens is 1080 g/mol. The molecule has 0 aliphatic rings. The zero-order chi connectivity index (χ0) is 57.7. The van der Waals surface area contributed by atoms with Gasteiger partial charge in [-0.1, -0.05) is 178 Å². The van der Waals surface area contributed by atoms with E-state index in [2.05, 4.69) is 147 Å². The Hall–Kier alpha value is -5.34. The van der Waals surface area contributed by atoms with Crippen molar-refractivity contribution in [2.24, 2.45) is 5.64 Å². The molecular formula is C63H70B2BrF6LiN2OSi2. The quantitative estimate of drug-likeness (QED) is 0.0446. The van der Waals surface area contributed by atoms with Crippen LogP contribution in [0.15, 0.2) is 114 Å². The van der Waals surface area contributed by atoms with E-state index < -0.39 is 58.1 Å². The summed E-state index contributed by atoms with van der Waals surface area (Å²) >= 11 is 2.95. The molecule has 0 saturated heterocycles. The van der Waals surface area contributed by atoms with Crippen LogP contribution in [0.25, 0.3) is 4.65 Å². The predicted octanol–water partition coefficient (Wildman–Crippen LogP) is 12.8. The fourth-order valence-electron chi connectivity index (χ4n) is 7.01. The number of benzene rings is 6. The van der Waals surface area contributed by atoms with E-state index in [0.717, 1.165) is 52.8 Å². The van der Waals surface area contributed by atoms with Gasteiger partial charge in [0.25, 0.3) is 0 Å². The molecule has 6 aromatic carbocycles. The van der Waals surface area contributed by atoms with E-state index in [9.17, 15) is 26.3 Å². The van der Waals surface area contributed by atoms with Crippen LogP contribution >= 0.6 is 15.9 Å². The van der Waals surface area contributed by atoms with Crippen LogP contribution in [0.1, 0.15) is 115 Å². The molecule has 0 aromatic heterocycles. The van der Waals surface area contributed by atoms with E-state index in [1.54, 1.807) is 26.0 Å². The predicted molar refractivity (Wildman–Crippen MR) is 321 cm³/mol. The van der Waals surface area contributed by atoms with Crippen LogP contribution < -0.4 is 24.5 Å². The van der Waals surface area contributed by atoms with Crippen molar-refractivity contribution in [2.75, 3.05) is 6.51 Å². The molecule has 0 heterocycles. The van der Waals surface area contributed by atoms with Crippen molar-refractivity contribution in [3.8, 4) is 47.9 Å². The van der Waals surface area contributed by atoms with E-state index in [1.165, 1.54) is 36.8 Å². The summed E-state index contributed by atoms with van der Waals surface area (Å²) in [5.74, 6) is 13.3. The van der Waals surface area contributed by atoms with Crippen LogP contribution in [0, 0.1) is 82.8 Å². The number of halogens is 7. The summed E-state index contributed by atoms with van der Waals surface area (Å²) in [6.45, 7) is 20.8. The number of aliphatic hydroxyl groups excluding tert-OH is 1. The first-order valence-corrected chi connectivity index (χ1v) is 33.3. The number of hydrogen-bond acceptors (Lipinski definition) is 2. The smallest absolute Gasteiger partial charge is 0.668 e. The molecule has 0 spiro atoms. The molecule has 2 radical (unpaired) electrons. The van der Waals surface area contributed by atoms with Crippen LogP contribution in [-0.4, -0.2) is 42.6 Å². The molecule has 0 bridgehead atoms. The van der Waals surface area contributed by atoms with E-state index in [4.69, 9.17) is 29.6 Å². The van der Waals surface area contributed by atoms with Gasteiger partial charge in [0.15, 0.2) is 41.6 Å². The van der Waals surface area contributed by atoms with Crippen molar-refractivity contribution in [3.63, 3.8) is 0 Å². The molecule has 0 atom stereocenters. The summed E-state index contributed by atoms with van der Waals surface area (Å²) in [6.07, 6.45) is 13.0. The van der Waals surface area contributed by atoms with Gasteiger partial charge in [-0.2, -0.15) is 0 Å². The van der Waals surface area contributed by atoms with Gasteiger partial charge in [-0.3, -0.25) is 0 Å². The van der Waals surface area contributed by atoms with Gasteiger partial charge in [-0.25, -0.2) is 26.3 Å². The Morgan fingerprint density at radius 3 is 1.14 bits per heavy atom. The van der Waals surface area contributed by atoms with Crippen molar-refractivity contribution < 1.29 is 50.3 Å². The molecule has 3 nitrogen and oxygen atoms in total. The van der Waals surface area contributed by atoms with E-state index in [-0.39, 0.29) is 53.0 Å². The first kappa shape index (κ1) is 70.7. The van der Waals surface area contributed by atoms with Gasteiger partial charge in [-0.05, 0) is 135 Å². The average Bonchev–Trinajstić information content (AvgIpc) is 3.39. The first-order valence-electron chi connectivity index (χ1n) is 25.6. The van der Waals surface area contributed by atoms with Crippen molar-refractivity contribution in [2.45, 2.75) is 118 Å². The van der Waals surface area contributed by atoms with Crippen LogP contribution in [-0.2, 0) is 25.7 Å². The van der Waals surface area contributed by atoms with Gasteiger partial charge in [-0.15, -0.1) is 6.42 Å². The van der Waals surface area contributed by atoms with Crippen molar-refractivity contribution in [3.05, 3.63) is 214 Å². The van der Waals surface area contributed by atoms with Gasteiger partial charge in [0.2, 0.25) is 0 Å². The standard InChI is InChI=1S/C28H23F3.C20H18.C8H6BrF3.C6H18NSi2.CH5B2NO.Li/c1-3-5-6-20-7-9-21(10-8-20)11-12-22-13-15-23(16-14-22)17-18-24-19-26(29)28(31)27(30)25(24)4-2;1-3-5-6-18-11-13-20(14-12-18)16-15-19-9-7-17(4-2)8-10-19;1-2-4-5(9)3-6(10)8(12)7(4)11;1-8(2,3)7-9(4,5)6;2-3(4)1-5;/h7-10,13-16,19H,3-6H2,1-2H3;2,7-14H,3,5-6H2,1H3;3H,2H2,1H3;1-6H3;5H,1,4H2;/q;;;-1;;+1. The molecule has 3 N–H and O–H groups in total. The Balaban J connectivity index is 0.000000553. The molecule has 0 amide bonds. The first-order chi connectivity index (χ1) is 36.4. The summed E-state index contributed by atoms with van der Waals surface area (Å²) in [5.41, 5.74) is 13.3. The summed E-state index contributed by atoms with van der Waals surface area (Å²) in [7, 11) is 2.61. The van der Waals surface area contributed by atoms with E-state index in [0.29, 0.717) is 12.0 Å². The van der Waals surface area contributed by atoms with Crippen LogP contribution in [0.3, 0.4) is 0 Å². The number of aliphatic hydroxyl groups is 1. The zero-order valence-corrected chi connectivity index (χ0v) is 50.7. The van der Waals surface area contributed by atoms with Crippen molar-refractivity contribution >= 4 is 46.9 Å². The maximum absolute atomic E-state index is 13.9. The third-order valence-electron chi connectivity index (χ3n) is 10.6. The number of rotatable bonds is 11. The Bertz CT molecular complexity index is 3010. The second-order valence-electron chi connectivity index (χ2n) is 19.6. The summed E-state index contributed by atoms with van der Waals surface area (Å²) in [6, 6.07) is 33.7. The SMILES string of the molecule is C#Cc1ccc(C#Cc2ccc(CCCC)cc2)cc1.CCCCc1ccc(C#Cc2ccc(C#Cc3cc(F)c(F)c(F)c3CC)cc2)cc1.CCc1c(Br)cc(F)c(F)c1F.C[Si](C)(C)[N-][Si](C)(C)C.[B]B(N)CO.[Li+]. The van der Waals surface area contributed by atoms with E-state index in [1.807, 2.05) is 48.5 Å². The third-order valence-corrected chi connectivity index (χ3v) is 16.7. The summed E-state index contributed by atoms with van der Waals surface area (Å²) in [4.78, 5) is 0. The molecule has 0 saturated carbocycles. The monoisotopic (exact) mass is 1150 g/mol. The Morgan fingerprint density at radius 1 is 0.538 bits per heavy atom. The topological polar surface area (TPSA) is 60.4 Å². The molecule has 6 rings (SSSR count). The van der Waals surface area contributed by atoms with Crippen LogP contribution in [0.5, 0.6) is 0 Å². The minimum Gasteiger partial charge on any atom is -0.668 e. The van der Waals surface area contributed by atoms with E-state index >= 15 is 0 Å². The normalized spacial score (nSPS) is 10.1. The second-order valence-corrected chi connectivity index (χ2v) is 30.0. The maximum atomic E-state index is 13.9. The van der Waals surface area contributed by atoms with Crippen LogP contribution in [0.4, 0.5) is 26.3 Å². The fourth-order valence-corrected chi connectivity index (χ4v) is 15.7. The molecule has 6 aromatic rings. The van der Waals surface area contributed by atoms with Gasteiger partial charge in [0, 0.05) is 68.8 Å². The number of unbranched alkanes of at least 4 members (excludes halogenated alkanes) is 2. The molecule has 0 aliphatic heterocycles. The number of aryl methyl sites for hydroxylation is 2. The zero-order valence-electron chi connectivity index (χ0n) is 47.1. The second kappa shape index (κ2) is 36.8. The van der Waals surface area contributed by atoms with Gasteiger partial charge < -0.3 is 15.4 Å². The van der Waals surface area contributed by atoms with Gasteiger partial charge >= 0.3 is 18.9 Å². The Morgan fingerprint density at radius 2 is 0.846 bits per heavy atom. The minimum absolute atomic E-state index is 0. The number of nitrogens with zero attached hydrogens (tertiary/aromatic N) is 1. The van der Waals surface area contributed by atoms with Crippen molar-refractivity contribution in [1.82, 2.24) is 0 Å². The Labute approximate surface area is 486 Å². The van der Waals surface area contributed by atoms with Gasteiger partial charge in [0.05, 0.1) is 0 Å².